The van der Waals surface area contributed by atoms with Crippen molar-refractivity contribution >= 4 is 11.9 Å². The molecule has 0 N–H and O–H groups in total. The second-order valence-corrected chi connectivity index (χ2v) is 4.05. The minimum atomic E-state index is -0.608. The summed E-state index contributed by atoms with van der Waals surface area (Å²) in [4.78, 5) is 22.7. The van der Waals surface area contributed by atoms with Crippen LogP contribution in [0.4, 0.5) is 0 Å². The van der Waals surface area contributed by atoms with Crippen molar-refractivity contribution in [2.24, 2.45) is 0 Å². The summed E-state index contributed by atoms with van der Waals surface area (Å²) in [5, 5.41) is 0. The molecule has 0 fully saturated rings. The molecule has 0 radical (unpaired) electrons. The van der Waals surface area contributed by atoms with E-state index in [1.807, 2.05) is 30.3 Å². The van der Waals surface area contributed by atoms with Crippen molar-refractivity contribution in [3.63, 3.8) is 0 Å². The summed E-state index contributed by atoms with van der Waals surface area (Å²) in [7, 11) is 0. The van der Waals surface area contributed by atoms with Crippen LogP contribution in [-0.2, 0) is 4.74 Å². The van der Waals surface area contributed by atoms with Crippen molar-refractivity contribution in [2.75, 3.05) is 0 Å². The molecule has 0 aromatic heterocycles. The van der Waals surface area contributed by atoms with Crippen molar-refractivity contribution in [1.29, 1.82) is 0 Å². The third kappa shape index (κ3) is 2.12. The van der Waals surface area contributed by atoms with Gasteiger partial charge in [0.1, 0.15) is 0 Å². The Bertz CT molecular complexity index is 734. The Labute approximate surface area is 109 Å². The van der Waals surface area contributed by atoms with E-state index >= 15 is 0 Å². The zero-order valence-electron chi connectivity index (χ0n) is 9.84. The molecule has 3 rings (SSSR count). The maximum Gasteiger partial charge on any atom is 0.346 e. The number of ether oxygens (including phenoxy) is 1. The van der Waals surface area contributed by atoms with E-state index in [-0.39, 0.29) is 5.56 Å². The minimum absolute atomic E-state index is 0.282. The predicted molar refractivity (Wildman–Crippen MR) is 68.6 cm³/mol. The molecule has 0 bridgehead atoms. The lowest BCUT2D eigenvalue weighted by Crippen LogP contribution is -1.96. The SMILES string of the molecule is O=C1OC(=O)c2cc([13C]#[13C]c3ccccc3)ccc21. The fraction of sp³-hybridized carbons (Fsp3) is 0. The van der Waals surface area contributed by atoms with Gasteiger partial charge in [-0.15, -0.1) is 0 Å². The second-order valence-electron chi connectivity index (χ2n) is 4.05. The number of benzene rings is 2. The average Bonchev–Trinajstić information content (AvgIpc) is 2.73. The van der Waals surface area contributed by atoms with Crippen molar-refractivity contribution in [3.05, 3.63) is 70.8 Å². The molecule has 1 heterocycles. The minimum Gasteiger partial charge on any atom is -0.386 e. The van der Waals surface area contributed by atoms with Crippen LogP contribution in [-0.4, -0.2) is 11.9 Å². The van der Waals surface area contributed by atoms with Gasteiger partial charge in [0.25, 0.3) is 0 Å². The van der Waals surface area contributed by atoms with E-state index in [1.54, 1.807) is 18.2 Å². The Morgan fingerprint density at radius 2 is 1.42 bits per heavy atom. The van der Waals surface area contributed by atoms with Gasteiger partial charge in [-0.3, -0.25) is 0 Å². The third-order valence-corrected chi connectivity index (χ3v) is 2.77. The van der Waals surface area contributed by atoms with E-state index in [0.29, 0.717) is 11.1 Å². The van der Waals surface area contributed by atoms with E-state index in [2.05, 4.69) is 16.6 Å². The maximum atomic E-state index is 11.4. The molecule has 2 aromatic carbocycles. The van der Waals surface area contributed by atoms with Gasteiger partial charge >= 0.3 is 11.9 Å². The number of esters is 2. The first-order chi connectivity index (χ1) is 9.24. The quantitative estimate of drug-likeness (QED) is 0.312. The summed E-state index contributed by atoms with van der Waals surface area (Å²) in [6, 6.07) is 14.4. The summed E-state index contributed by atoms with van der Waals surface area (Å²) >= 11 is 0. The molecule has 0 unspecified atom stereocenters. The molecule has 0 atom stereocenters. The van der Waals surface area contributed by atoms with Crippen molar-refractivity contribution in [2.45, 2.75) is 0 Å². The lowest BCUT2D eigenvalue weighted by Gasteiger charge is -1.93. The monoisotopic (exact) mass is 250 g/mol. The second kappa shape index (κ2) is 4.43. The van der Waals surface area contributed by atoms with Gasteiger partial charge in [-0.05, 0) is 30.3 Å². The van der Waals surface area contributed by atoms with Crippen LogP contribution in [0, 0.1) is 11.8 Å². The van der Waals surface area contributed by atoms with Crippen molar-refractivity contribution in [1.82, 2.24) is 0 Å². The predicted octanol–water partition coefficient (Wildman–Crippen LogP) is 2.40. The van der Waals surface area contributed by atoms with Crippen LogP contribution in [0.3, 0.4) is 0 Å². The number of cyclic esters (lactones) is 2. The first kappa shape index (κ1) is 11.2. The van der Waals surface area contributed by atoms with E-state index in [1.165, 1.54) is 0 Å². The highest BCUT2D eigenvalue weighted by molar-refractivity contribution is 6.14. The third-order valence-electron chi connectivity index (χ3n) is 2.77. The highest BCUT2D eigenvalue weighted by Crippen LogP contribution is 2.20. The zero-order valence-corrected chi connectivity index (χ0v) is 9.84. The summed E-state index contributed by atoms with van der Waals surface area (Å²) in [6.45, 7) is 0. The average molecular weight is 250 g/mol. The fourth-order valence-corrected chi connectivity index (χ4v) is 1.83. The molecule has 1 aliphatic rings. The molecule has 0 amide bonds. The first-order valence-corrected chi connectivity index (χ1v) is 5.72. The van der Waals surface area contributed by atoms with Gasteiger partial charge in [-0.1, -0.05) is 30.0 Å². The van der Waals surface area contributed by atoms with Crippen LogP contribution in [0.1, 0.15) is 31.8 Å². The highest BCUT2D eigenvalue weighted by atomic mass is 16.6. The van der Waals surface area contributed by atoms with Gasteiger partial charge in [0, 0.05) is 11.1 Å². The maximum absolute atomic E-state index is 11.4. The Hall–Kier alpha value is -2.86. The molecule has 0 aliphatic carbocycles. The van der Waals surface area contributed by atoms with E-state index < -0.39 is 11.9 Å². The van der Waals surface area contributed by atoms with Crippen LogP contribution in [0.15, 0.2) is 48.5 Å². The molecule has 0 spiro atoms. The van der Waals surface area contributed by atoms with E-state index in [4.69, 9.17) is 0 Å². The van der Waals surface area contributed by atoms with Gasteiger partial charge in [0.15, 0.2) is 0 Å². The smallest absolute Gasteiger partial charge is 0.346 e. The Kier molecular flexibility index (Phi) is 2.62. The first-order valence-electron chi connectivity index (χ1n) is 5.72. The van der Waals surface area contributed by atoms with Crippen LogP contribution in [0.5, 0.6) is 0 Å². The fourth-order valence-electron chi connectivity index (χ4n) is 1.83. The topological polar surface area (TPSA) is 43.4 Å². The van der Waals surface area contributed by atoms with E-state index in [9.17, 15) is 9.59 Å². The summed E-state index contributed by atoms with van der Waals surface area (Å²) in [5.74, 6) is 4.75. The number of rotatable bonds is 0. The Morgan fingerprint density at radius 1 is 0.737 bits per heavy atom. The van der Waals surface area contributed by atoms with Crippen molar-refractivity contribution < 1.29 is 14.3 Å². The molecule has 19 heavy (non-hydrogen) atoms. The molecule has 90 valence electrons. The molecule has 1 aliphatic heterocycles. The molecule has 3 nitrogen and oxygen atoms in total. The molecule has 3 heteroatoms. The number of hydrogen-bond donors (Lipinski definition) is 0. The summed E-state index contributed by atoms with van der Waals surface area (Å²) in [6.07, 6.45) is 0. The summed E-state index contributed by atoms with van der Waals surface area (Å²) < 4.78 is 4.52. The Morgan fingerprint density at radius 3 is 2.21 bits per heavy atom. The molecule has 0 saturated heterocycles. The molecular formula is C16H8O3. The van der Waals surface area contributed by atoms with E-state index in [0.717, 1.165) is 5.56 Å². The molecule has 2 aromatic rings. The molecule has 0 saturated carbocycles. The number of carbonyl (C=O) groups is 2. The summed E-state index contributed by atoms with van der Waals surface area (Å²) in [5.41, 5.74) is 2.15. The van der Waals surface area contributed by atoms with Gasteiger partial charge in [-0.25, -0.2) is 9.59 Å². The highest BCUT2D eigenvalue weighted by Gasteiger charge is 2.29. The van der Waals surface area contributed by atoms with Crippen molar-refractivity contribution in [3.8, 4) is 11.8 Å². The largest absolute Gasteiger partial charge is 0.386 e. The number of carbonyl (C=O) groups excluding carboxylic acids is 2. The van der Waals surface area contributed by atoms with Crippen LogP contribution in [0.2, 0.25) is 0 Å². The zero-order chi connectivity index (χ0) is 13.2. The van der Waals surface area contributed by atoms with Gasteiger partial charge in [-0.2, -0.15) is 0 Å². The van der Waals surface area contributed by atoms with Gasteiger partial charge in [0.2, 0.25) is 0 Å². The lowest BCUT2D eigenvalue weighted by molar-refractivity contribution is 0.0444. The van der Waals surface area contributed by atoms with Gasteiger partial charge < -0.3 is 4.74 Å². The van der Waals surface area contributed by atoms with Crippen LogP contribution < -0.4 is 0 Å². The van der Waals surface area contributed by atoms with Crippen LogP contribution >= 0.6 is 0 Å². The standard InChI is InChI=1S/C16H8O3/c17-15-13-9-8-12(10-14(13)16(18)19-15)7-6-11-4-2-1-3-5-11/h1-5,8-10H/i6+1,7+1. The molecular weight excluding hydrogens is 242 g/mol. The number of fused-ring (bicyclic) bond motifs is 1. The van der Waals surface area contributed by atoms with Gasteiger partial charge in [0.05, 0.1) is 11.1 Å². The Balaban J connectivity index is 1.97. The lowest BCUT2D eigenvalue weighted by atomic mass is 10.1. The van der Waals surface area contributed by atoms with Crippen LogP contribution in [0.25, 0.3) is 0 Å². The number of hydrogen-bond acceptors (Lipinski definition) is 3. The normalized spacial score (nSPS) is 12.4.